The molecule has 1 aromatic carbocycles. The fourth-order valence-electron chi connectivity index (χ4n) is 2.18. The Morgan fingerprint density at radius 3 is 3.00 bits per heavy atom. The van der Waals surface area contributed by atoms with Crippen LogP contribution in [-0.4, -0.2) is 21.3 Å². The summed E-state index contributed by atoms with van der Waals surface area (Å²) in [5, 5.41) is 5.59. The van der Waals surface area contributed by atoms with Crippen molar-refractivity contribution in [1.82, 2.24) is 14.8 Å². The third kappa shape index (κ3) is 2.13. The second-order valence-electron chi connectivity index (χ2n) is 4.50. The highest BCUT2D eigenvalue weighted by Crippen LogP contribution is 2.27. The van der Waals surface area contributed by atoms with Crippen molar-refractivity contribution in [3.05, 3.63) is 36.4 Å². The van der Waals surface area contributed by atoms with E-state index in [0.29, 0.717) is 12.3 Å². The molecule has 19 heavy (non-hydrogen) atoms. The summed E-state index contributed by atoms with van der Waals surface area (Å²) in [6, 6.07) is 8.08. The van der Waals surface area contributed by atoms with Crippen LogP contribution in [0.2, 0.25) is 0 Å². The standard InChI is InChI=1S/C14H16N4O/c1-18-11-6-3-2-5-10(11)14(17-18)12-9-16-13(19-12)7-4-8-15/h2-3,5-6,9H,4,7-8,15H2,1H3. The van der Waals surface area contributed by atoms with Crippen LogP contribution < -0.4 is 5.73 Å². The van der Waals surface area contributed by atoms with Gasteiger partial charge in [0.2, 0.25) is 0 Å². The molecule has 2 heterocycles. The highest BCUT2D eigenvalue weighted by Gasteiger charge is 2.14. The fourth-order valence-corrected chi connectivity index (χ4v) is 2.18. The quantitative estimate of drug-likeness (QED) is 0.776. The van der Waals surface area contributed by atoms with Crippen LogP contribution in [0, 0.1) is 0 Å². The van der Waals surface area contributed by atoms with Crippen molar-refractivity contribution < 1.29 is 4.42 Å². The first-order valence-corrected chi connectivity index (χ1v) is 6.36. The van der Waals surface area contributed by atoms with Gasteiger partial charge in [0.05, 0.1) is 11.7 Å². The Morgan fingerprint density at radius 2 is 2.16 bits per heavy atom. The molecule has 0 saturated heterocycles. The molecule has 0 aliphatic carbocycles. The Bertz CT molecular complexity index is 698. The number of aryl methyl sites for hydroxylation is 2. The summed E-state index contributed by atoms with van der Waals surface area (Å²) >= 11 is 0. The first kappa shape index (κ1) is 11.9. The van der Waals surface area contributed by atoms with Crippen LogP contribution in [0.1, 0.15) is 12.3 Å². The van der Waals surface area contributed by atoms with Crippen molar-refractivity contribution in [2.75, 3.05) is 6.54 Å². The van der Waals surface area contributed by atoms with E-state index in [1.165, 1.54) is 0 Å². The summed E-state index contributed by atoms with van der Waals surface area (Å²) in [6.07, 6.45) is 3.38. The molecular weight excluding hydrogens is 240 g/mol. The Hall–Kier alpha value is -2.14. The zero-order valence-electron chi connectivity index (χ0n) is 10.8. The molecule has 5 heteroatoms. The van der Waals surface area contributed by atoms with Crippen LogP contribution >= 0.6 is 0 Å². The minimum absolute atomic E-state index is 0.643. The van der Waals surface area contributed by atoms with Gasteiger partial charge in [-0.2, -0.15) is 5.10 Å². The molecule has 0 bridgehead atoms. The normalized spacial score (nSPS) is 11.3. The van der Waals surface area contributed by atoms with E-state index < -0.39 is 0 Å². The molecule has 5 nitrogen and oxygen atoms in total. The second kappa shape index (κ2) is 4.85. The van der Waals surface area contributed by atoms with E-state index in [0.717, 1.165) is 35.3 Å². The van der Waals surface area contributed by atoms with Gasteiger partial charge in [0.1, 0.15) is 5.69 Å². The molecule has 0 aliphatic heterocycles. The number of nitrogens with two attached hydrogens (primary N) is 1. The summed E-state index contributed by atoms with van der Waals surface area (Å²) in [7, 11) is 1.93. The minimum atomic E-state index is 0.643. The molecular formula is C14H16N4O. The Kier molecular flexibility index (Phi) is 3.05. The smallest absolute Gasteiger partial charge is 0.195 e. The van der Waals surface area contributed by atoms with Gasteiger partial charge in [0, 0.05) is 18.9 Å². The molecule has 0 aliphatic rings. The predicted molar refractivity (Wildman–Crippen MR) is 73.6 cm³/mol. The van der Waals surface area contributed by atoms with Crippen LogP contribution in [0.3, 0.4) is 0 Å². The number of oxazole rings is 1. The van der Waals surface area contributed by atoms with E-state index in [2.05, 4.69) is 10.1 Å². The van der Waals surface area contributed by atoms with E-state index in [1.807, 2.05) is 36.0 Å². The van der Waals surface area contributed by atoms with Crippen molar-refractivity contribution in [3.63, 3.8) is 0 Å². The number of rotatable bonds is 4. The molecule has 0 radical (unpaired) electrons. The van der Waals surface area contributed by atoms with Gasteiger partial charge in [-0.25, -0.2) is 4.98 Å². The van der Waals surface area contributed by atoms with E-state index in [4.69, 9.17) is 10.2 Å². The molecule has 3 aromatic rings. The van der Waals surface area contributed by atoms with Gasteiger partial charge < -0.3 is 10.2 Å². The lowest BCUT2D eigenvalue weighted by Gasteiger charge is -1.93. The number of nitrogens with zero attached hydrogens (tertiary/aromatic N) is 3. The summed E-state index contributed by atoms with van der Waals surface area (Å²) in [4.78, 5) is 4.27. The highest BCUT2D eigenvalue weighted by atomic mass is 16.4. The summed E-state index contributed by atoms with van der Waals surface area (Å²) in [5.41, 5.74) is 7.41. The fraction of sp³-hybridized carbons (Fsp3) is 0.286. The summed E-state index contributed by atoms with van der Waals surface area (Å²) < 4.78 is 7.60. The molecule has 0 unspecified atom stereocenters. The van der Waals surface area contributed by atoms with E-state index in [-0.39, 0.29) is 0 Å². The van der Waals surface area contributed by atoms with Crippen molar-refractivity contribution in [3.8, 4) is 11.5 Å². The summed E-state index contributed by atoms with van der Waals surface area (Å²) in [6.45, 7) is 0.643. The molecule has 2 N–H and O–H groups in total. The van der Waals surface area contributed by atoms with Crippen LogP contribution in [0.25, 0.3) is 22.4 Å². The number of benzene rings is 1. The Morgan fingerprint density at radius 1 is 1.32 bits per heavy atom. The van der Waals surface area contributed by atoms with Gasteiger partial charge in [-0.05, 0) is 19.0 Å². The lowest BCUT2D eigenvalue weighted by molar-refractivity contribution is 0.498. The van der Waals surface area contributed by atoms with Crippen LogP contribution in [0.15, 0.2) is 34.9 Å². The van der Waals surface area contributed by atoms with Crippen LogP contribution in [0.5, 0.6) is 0 Å². The minimum Gasteiger partial charge on any atom is -0.439 e. The van der Waals surface area contributed by atoms with Crippen molar-refractivity contribution in [2.45, 2.75) is 12.8 Å². The average Bonchev–Trinajstić information content (AvgIpc) is 3.02. The number of hydrogen-bond acceptors (Lipinski definition) is 4. The van der Waals surface area contributed by atoms with Gasteiger partial charge in [0.15, 0.2) is 11.7 Å². The lowest BCUT2D eigenvalue weighted by atomic mass is 10.2. The third-order valence-electron chi connectivity index (χ3n) is 3.14. The molecule has 0 saturated carbocycles. The number of fused-ring (bicyclic) bond motifs is 1. The van der Waals surface area contributed by atoms with Gasteiger partial charge in [0.25, 0.3) is 0 Å². The Balaban J connectivity index is 2.02. The molecule has 0 atom stereocenters. The molecule has 0 amide bonds. The molecule has 0 spiro atoms. The molecule has 98 valence electrons. The molecule has 3 rings (SSSR count). The predicted octanol–water partition coefficient (Wildman–Crippen LogP) is 2.12. The maximum atomic E-state index is 5.75. The highest BCUT2D eigenvalue weighted by molar-refractivity contribution is 5.91. The van der Waals surface area contributed by atoms with E-state index in [1.54, 1.807) is 6.20 Å². The second-order valence-corrected chi connectivity index (χ2v) is 4.50. The lowest BCUT2D eigenvalue weighted by Crippen LogP contribution is -2.00. The maximum Gasteiger partial charge on any atom is 0.195 e. The van der Waals surface area contributed by atoms with Gasteiger partial charge >= 0.3 is 0 Å². The maximum absolute atomic E-state index is 5.75. The van der Waals surface area contributed by atoms with Gasteiger partial charge in [-0.3, -0.25) is 4.68 Å². The monoisotopic (exact) mass is 256 g/mol. The first-order chi connectivity index (χ1) is 9.29. The SMILES string of the molecule is Cn1nc(-c2cnc(CCCN)o2)c2ccccc21. The molecule has 2 aromatic heterocycles. The van der Waals surface area contributed by atoms with Gasteiger partial charge in [-0.15, -0.1) is 0 Å². The number of hydrogen-bond donors (Lipinski definition) is 1. The largest absolute Gasteiger partial charge is 0.439 e. The zero-order valence-corrected chi connectivity index (χ0v) is 10.8. The van der Waals surface area contributed by atoms with Crippen molar-refractivity contribution in [1.29, 1.82) is 0 Å². The average molecular weight is 256 g/mol. The summed E-state index contributed by atoms with van der Waals surface area (Å²) in [5.74, 6) is 1.43. The number of aromatic nitrogens is 3. The topological polar surface area (TPSA) is 69.9 Å². The van der Waals surface area contributed by atoms with Crippen molar-refractivity contribution in [2.24, 2.45) is 12.8 Å². The van der Waals surface area contributed by atoms with Crippen molar-refractivity contribution >= 4 is 10.9 Å². The van der Waals surface area contributed by atoms with Crippen LogP contribution in [0.4, 0.5) is 0 Å². The van der Waals surface area contributed by atoms with E-state index in [9.17, 15) is 0 Å². The first-order valence-electron chi connectivity index (χ1n) is 6.36. The Labute approximate surface area is 111 Å². The van der Waals surface area contributed by atoms with E-state index >= 15 is 0 Å². The van der Waals surface area contributed by atoms with Gasteiger partial charge in [-0.1, -0.05) is 18.2 Å². The number of para-hydroxylation sites is 1. The molecule has 0 fully saturated rings. The third-order valence-corrected chi connectivity index (χ3v) is 3.14. The van der Waals surface area contributed by atoms with Crippen LogP contribution in [-0.2, 0) is 13.5 Å². The zero-order chi connectivity index (χ0) is 13.2.